The average Bonchev–Trinajstić information content (AvgIpc) is 3.59. The van der Waals surface area contributed by atoms with Crippen LogP contribution in [0.15, 0.2) is 65.7 Å². The number of aryl methyl sites for hydroxylation is 2. The molecule has 0 atom stereocenters. The largest absolute Gasteiger partial charge is 0.487 e. The molecule has 0 amide bonds. The number of unbranched alkanes of at least 4 members (excludes halogenated alkanes) is 1. The van der Waals surface area contributed by atoms with Gasteiger partial charge in [0.1, 0.15) is 5.82 Å². The molecule has 0 radical (unpaired) electrons. The molecule has 1 saturated carbocycles. The molecule has 3 aromatic heterocycles. The first kappa shape index (κ1) is 29.3. The van der Waals surface area contributed by atoms with Gasteiger partial charge in [-0.15, -0.1) is 5.10 Å². The monoisotopic (exact) mass is 592 g/mol. The SMILES string of the molecule is CCCCc1nc(C)n(-c2ncc(OC3CCC(O)CC3)cn2)c(=O)c1Cc1ccc(-c2ccccc2-c2nnn[nH]2)cc1. The number of ether oxygens (including phenoxy) is 1. The van der Waals surface area contributed by atoms with Crippen molar-refractivity contribution in [3.63, 3.8) is 0 Å². The Labute approximate surface area is 255 Å². The summed E-state index contributed by atoms with van der Waals surface area (Å²) in [5.41, 5.74) is 5.24. The maximum atomic E-state index is 14.0. The van der Waals surface area contributed by atoms with Crippen LogP contribution >= 0.6 is 0 Å². The van der Waals surface area contributed by atoms with Crippen molar-refractivity contribution in [2.24, 2.45) is 0 Å². The molecule has 0 saturated heterocycles. The molecule has 44 heavy (non-hydrogen) atoms. The van der Waals surface area contributed by atoms with Crippen molar-refractivity contribution in [1.82, 2.24) is 40.1 Å². The number of hydrogen-bond donors (Lipinski definition) is 2. The highest BCUT2D eigenvalue weighted by atomic mass is 16.5. The number of nitrogens with zero attached hydrogens (tertiary/aromatic N) is 7. The van der Waals surface area contributed by atoms with Gasteiger partial charge in [-0.2, -0.15) is 0 Å². The molecule has 1 fully saturated rings. The van der Waals surface area contributed by atoms with Crippen molar-refractivity contribution in [2.75, 3.05) is 0 Å². The topological polar surface area (TPSA) is 145 Å². The van der Waals surface area contributed by atoms with Gasteiger partial charge >= 0.3 is 0 Å². The van der Waals surface area contributed by atoms with Gasteiger partial charge in [-0.1, -0.05) is 61.9 Å². The van der Waals surface area contributed by atoms with Gasteiger partial charge in [-0.05, 0) is 72.6 Å². The average molecular weight is 593 g/mol. The minimum atomic E-state index is -0.247. The lowest BCUT2D eigenvalue weighted by molar-refractivity contribution is 0.0662. The number of H-pyrrole nitrogens is 1. The van der Waals surface area contributed by atoms with E-state index in [0.29, 0.717) is 29.4 Å². The van der Waals surface area contributed by atoms with Crippen LogP contribution in [0.2, 0.25) is 0 Å². The lowest BCUT2D eigenvalue weighted by atomic mass is 9.95. The Morgan fingerprint density at radius 3 is 2.41 bits per heavy atom. The standard InChI is InChI=1S/C33H36N8O3/c1-3-4-9-30-29(18-22-10-12-23(13-11-22)27-7-5-6-8-28(27)31-37-39-40-38-31)32(43)41(21(2)36-30)33-34-19-26(20-35-33)44-25-16-14-24(42)15-17-25/h5-8,10-13,19-20,24-25,42H,3-4,9,14-18H2,1-2H3,(H,37,38,39,40). The number of aromatic nitrogens is 8. The molecule has 5 aromatic rings. The van der Waals surface area contributed by atoms with Crippen LogP contribution in [0.5, 0.6) is 5.75 Å². The molecule has 3 heterocycles. The number of aliphatic hydroxyl groups excluding tert-OH is 1. The second-order valence-electron chi connectivity index (χ2n) is 11.3. The molecule has 226 valence electrons. The Morgan fingerprint density at radius 2 is 1.73 bits per heavy atom. The van der Waals surface area contributed by atoms with Crippen molar-refractivity contribution in [3.05, 3.63) is 93.9 Å². The number of aliphatic hydroxyl groups is 1. The fraction of sp³-hybridized carbons (Fsp3) is 0.364. The molecule has 1 aliphatic carbocycles. The summed E-state index contributed by atoms with van der Waals surface area (Å²) < 4.78 is 7.53. The molecule has 0 spiro atoms. The summed E-state index contributed by atoms with van der Waals surface area (Å²) in [4.78, 5) is 27.9. The summed E-state index contributed by atoms with van der Waals surface area (Å²) in [6.45, 7) is 3.95. The van der Waals surface area contributed by atoms with Gasteiger partial charge in [0, 0.05) is 17.5 Å². The molecular weight excluding hydrogens is 556 g/mol. The van der Waals surface area contributed by atoms with Crippen LogP contribution < -0.4 is 10.3 Å². The predicted octanol–water partition coefficient (Wildman–Crippen LogP) is 4.79. The fourth-order valence-corrected chi connectivity index (χ4v) is 5.74. The van der Waals surface area contributed by atoms with Crippen LogP contribution in [0, 0.1) is 6.92 Å². The van der Waals surface area contributed by atoms with Crippen molar-refractivity contribution >= 4 is 0 Å². The van der Waals surface area contributed by atoms with Crippen molar-refractivity contribution in [2.45, 2.75) is 77.4 Å². The van der Waals surface area contributed by atoms with E-state index in [1.54, 1.807) is 12.4 Å². The second-order valence-corrected chi connectivity index (χ2v) is 11.3. The summed E-state index contributed by atoms with van der Waals surface area (Å²) in [7, 11) is 0. The lowest BCUT2D eigenvalue weighted by Gasteiger charge is -2.25. The Balaban J connectivity index is 1.27. The third kappa shape index (κ3) is 6.42. The van der Waals surface area contributed by atoms with Crippen LogP contribution in [0.4, 0.5) is 0 Å². The van der Waals surface area contributed by atoms with E-state index in [9.17, 15) is 9.90 Å². The number of aromatic amines is 1. The van der Waals surface area contributed by atoms with E-state index >= 15 is 0 Å². The molecule has 11 nitrogen and oxygen atoms in total. The van der Waals surface area contributed by atoms with Gasteiger partial charge in [0.15, 0.2) is 11.6 Å². The van der Waals surface area contributed by atoms with Gasteiger partial charge in [-0.25, -0.2) is 24.6 Å². The lowest BCUT2D eigenvalue weighted by Crippen LogP contribution is -2.29. The zero-order valence-corrected chi connectivity index (χ0v) is 25.0. The Hall–Kier alpha value is -4.77. The first-order valence-electron chi connectivity index (χ1n) is 15.2. The van der Waals surface area contributed by atoms with Crippen LogP contribution in [0.3, 0.4) is 0 Å². The zero-order valence-electron chi connectivity index (χ0n) is 25.0. The molecule has 2 aromatic carbocycles. The highest BCUT2D eigenvalue weighted by Crippen LogP contribution is 2.30. The summed E-state index contributed by atoms with van der Waals surface area (Å²) in [6.07, 6.45) is 9.15. The molecule has 11 heteroatoms. The summed E-state index contributed by atoms with van der Waals surface area (Å²) in [5.74, 6) is 1.97. The van der Waals surface area contributed by atoms with Gasteiger partial charge < -0.3 is 9.84 Å². The van der Waals surface area contributed by atoms with Crippen molar-refractivity contribution in [1.29, 1.82) is 0 Å². The van der Waals surface area contributed by atoms with E-state index in [-0.39, 0.29) is 23.7 Å². The predicted molar refractivity (Wildman–Crippen MR) is 166 cm³/mol. The van der Waals surface area contributed by atoms with E-state index in [1.807, 2.05) is 43.3 Å². The highest BCUT2D eigenvalue weighted by molar-refractivity contribution is 5.80. The molecule has 6 rings (SSSR count). The Morgan fingerprint density at radius 1 is 1.00 bits per heavy atom. The third-order valence-electron chi connectivity index (χ3n) is 8.13. The van der Waals surface area contributed by atoms with E-state index < -0.39 is 0 Å². The van der Waals surface area contributed by atoms with E-state index in [0.717, 1.165) is 72.9 Å². The number of hydrogen-bond acceptors (Lipinski definition) is 9. The van der Waals surface area contributed by atoms with Gasteiger partial charge in [0.2, 0.25) is 5.95 Å². The van der Waals surface area contributed by atoms with E-state index in [2.05, 4.69) is 49.6 Å². The molecule has 2 N–H and O–H groups in total. The van der Waals surface area contributed by atoms with Crippen LogP contribution in [0.25, 0.3) is 28.5 Å². The first-order chi connectivity index (χ1) is 21.5. The van der Waals surface area contributed by atoms with Gasteiger partial charge in [0.05, 0.1) is 30.3 Å². The minimum absolute atomic E-state index is 0.0300. The Kier molecular flexibility index (Phi) is 8.83. The first-order valence-corrected chi connectivity index (χ1v) is 15.2. The van der Waals surface area contributed by atoms with Crippen molar-refractivity contribution in [3.8, 4) is 34.2 Å². The summed E-state index contributed by atoms with van der Waals surface area (Å²) >= 11 is 0. The molecular formula is C33H36N8O3. The maximum absolute atomic E-state index is 14.0. The second kappa shape index (κ2) is 13.3. The molecule has 0 aliphatic heterocycles. The van der Waals surface area contributed by atoms with E-state index in [4.69, 9.17) is 9.72 Å². The highest BCUT2D eigenvalue weighted by Gasteiger charge is 2.22. The molecule has 0 unspecified atom stereocenters. The zero-order chi connectivity index (χ0) is 30.5. The quantitative estimate of drug-likeness (QED) is 0.234. The van der Waals surface area contributed by atoms with E-state index in [1.165, 1.54) is 4.57 Å². The van der Waals surface area contributed by atoms with Crippen LogP contribution in [-0.4, -0.2) is 57.5 Å². The number of rotatable bonds is 10. The third-order valence-corrected chi connectivity index (χ3v) is 8.13. The van der Waals surface area contributed by atoms with Crippen LogP contribution in [-0.2, 0) is 12.8 Å². The summed E-state index contributed by atoms with van der Waals surface area (Å²) in [6, 6.07) is 16.2. The smallest absolute Gasteiger partial charge is 0.264 e. The van der Waals surface area contributed by atoms with Gasteiger partial charge in [0.25, 0.3) is 5.56 Å². The fourth-order valence-electron chi connectivity index (χ4n) is 5.74. The number of benzene rings is 2. The molecule has 0 bridgehead atoms. The minimum Gasteiger partial charge on any atom is -0.487 e. The number of tetrazole rings is 1. The maximum Gasteiger partial charge on any atom is 0.264 e. The normalized spacial score (nSPS) is 16.6. The van der Waals surface area contributed by atoms with Gasteiger partial charge in [-0.3, -0.25) is 4.79 Å². The van der Waals surface area contributed by atoms with Crippen molar-refractivity contribution < 1.29 is 9.84 Å². The molecule has 1 aliphatic rings. The summed E-state index contributed by atoms with van der Waals surface area (Å²) in [5, 5.41) is 24.1. The Bertz CT molecular complexity index is 1740. The number of nitrogens with one attached hydrogen (secondary N) is 1. The van der Waals surface area contributed by atoms with Crippen LogP contribution in [0.1, 0.15) is 68.1 Å².